The van der Waals surface area contributed by atoms with Crippen LogP contribution in [0.3, 0.4) is 0 Å². The van der Waals surface area contributed by atoms with E-state index in [4.69, 9.17) is 16.0 Å². The Hall–Kier alpha value is -2.59. The van der Waals surface area contributed by atoms with Crippen LogP contribution in [0.2, 0.25) is 5.02 Å². The number of benzene rings is 1. The number of amides is 1. The van der Waals surface area contributed by atoms with Crippen molar-refractivity contribution in [1.29, 1.82) is 0 Å². The fourth-order valence-corrected chi connectivity index (χ4v) is 2.65. The van der Waals surface area contributed by atoms with Crippen LogP contribution < -0.4 is 5.32 Å². The lowest BCUT2D eigenvalue weighted by Gasteiger charge is -2.17. The molecule has 1 atom stereocenters. The maximum absolute atomic E-state index is 12.7. The number of rotatable bonds is 6. The van der Waals surface area contributed by atoms with Crippen molar-refractivity contribution in [1.82, 2.24) is 10.3 Å². The zero-order valence-electron chi connectivity index (χ0n) is 13.0. The summed E-state index contributed by atoms with van der Waals surface area (Å²) in [4.78, 5) is 16.8. The summed E-state index contributed by atoms with van der Waals surface area (Å²) >= 11 is 5.96. The molecule has 3 rings (SSSR count). The highest BCUT2D eigenvalue weighted by Crippen LogP contribution is 2.23. The van der Waals surface area contributed by atoms with Gasteiger partial charge in [-0.1, -0.05) is 29.8 Å². The summed E-state index contributed by atoms with van der Waals surface area (Å²) in [6, 6.07) is 14.8. The maximum atomic E-state index is 12.7. The van der Waals surface area contributed by atoms with E-state index in [1.807, 2.05) is 30.3 Å². The van der Waals surface area contributed by atoms with Gasteiger partial charge in [0, 0.05) is 17.4 Å². The van der Waals surface area contributed by atoms with Gasteiger partial charge in [0.25, 0.3) is 0 Å². The number of halogens is 1. The lowest BCUT2D eigenvalue weighted by Crippen LogP contribution is -2.30. The van der Waals surface area contributed by atoms with Crippen molar-refractivity contribution in [2.45, 2.75) is 18.9 Å². The number of aromatic nitrogens is 1. The monoisotopic (exact) mass is 340 g/mol. The lowest BCUT2D eigenvalue weighted by molar-refractivity contribution is -0.122. The second-order valence-electron chi connectivity index (χ2n) is 5.47. The summed E-state index contributed by atoms with van der Waals surface area (Å²) in [5.41, 5.74) is 1.92. The van der Waals surface area contributed by atoms with Crippen LogP contribution in [-0.2, 0) is 17.8 Å². The summed E-state index contributed by atoms with van der Waals surface area (Å²) in [7, 11) is 0. The third-order valence-electron chi connectivity index (χ3n) is 3.77. The van der Waals surface area contributed by atoms with E-state index in [2.05, 4.69) is 10.3 Å². The molecule has 3 aromatic rings. The van der Waals surface area contributed by atoms with E-state index in [0.29, 0.717) is 18.0 Å². The summed E-state index contributed by atoms with van der Waals surface area (Å²) in [6.07, 6.45) is 5.66. The molecule has 1 unspecified atom stereocenters. The lowest BCUT2D eigenvalue weighted by atomic mass is 9.91. The van der Waals surface area contributed by atoms with Gasteiger partial charge in [-0.05, 0) is 47.9 Å². The van der Waals surface area contributed by atoms with Crippen LogP contribution in [0.4, 0.5) is 0 Å². The normalized spacial score (nSPS) is 11.9. The summed E-state index contributed by atoms with van der Waals surface area (Å²) in [6.45, 7) is 0.364. The SMILES string of the molecule is O=C(NCc1ccco1)C(Cc1cccnc1)c1ccc(Cl)cc1. The van der Waals surface area contributed by atoms with Crippen LogP contribution in [-0.4, -0.2) is 10.9 Å². The van der Waals surface area contributed by atoms with Crippen molar-refractivity contribution in [3.05, 3.63) is 89.1 Å². The summed E-state index contributed by atoms with van der Waals surface area (Å²) in [5.74, 6) is 0.346. The Balaban J connectivity index is 1.78. The molecule has 0 bridgehead atoms. The van der Waals surface area contributed by atoms with Crippen LogP contribution >= 0.6 is 11.6 Å². The molecule has 0 aliphatic carbocycles. The van der Waals surface area contributed by atoms with Gasteiger partial charge in [-0.2, -0.15) is 0 Å². The van der Waals surface area contributed by atoms with Gasteiger partial charge in [-0.25, -0.2) is 0 Å². The van der Waals surface area contributed by atoms with Gasteiger partial charge in [-0.3, -0.25) is 9.78 Å². The van der Waals surface area contributed by atoms with Crippen LogP contribution in [0.25, 0.3) is 0 Å². The molecule has 4 nitrogen and oxygen atoms in total. The number of hydrogen-bond acceptors (Lipinski definition) is 3. The van der Waals surface area contributed by atoms with Crippen molar-refractivity contribution in [2.24, 2.45) is 0 Å². The van der Waals surface area contributed by atoms with Crippen molar-refractivity contribution in [3.63, 3.8) is 0 Å². The smallest absolute Gasteiger partial charge is 0.228 e. The fourth-order valence-electron chi connectivity index (χ4n) is 2.52. The molecule has 24 heavy (non-hydrogen) atoms. The number of carbonyl (C=O) groups is 1. The maximum Gasteiger partial charge on any atom is 0.228 e. The fraction of sp³-hybridized carbons (Fsp3) is 0.158. The minimum atomic E-state index is -0.318. The quantitative estimate of drug-likeness (QED) is 0.738. The molecule has 0 saturated carbocycles. The van der Waals surface area contributed by atoms with E-state index in [1.165, 1.54) is 0 Å². The third kappa shape index (κ3) is 4.24. The molecule has 0 fully saturated rings. The van der Waals surface area contributed by atoms with Crippen LogP contribution in [0.15, 0.2) is 71.6 Å². The number of nitrogens with one attached hydrogen (secondary N) is 1. The Morgan fingerprint density at radius 1 is 1.17 bits per heavy atom. The molecule has 0 aliphatic heterocycles. The highest BCUT2D eigenvalue weighted by atomic mass is 35.5. The van der Waals surface area contributed by atoms with E-state index in [1.54, 1.807) is 36.9 Å². The van der Waals surface area contributed by atoms with E-state index >= 15 is 0 Å². The Morgan fingerprint density at radius 3 is 2.67 bits per heavy atom. The van der Waals surface area contributed by atoms with Crippen molar-refractivity contribution in [3.8, 4) is 0 Å². The number of carbonyl (C=O) groups excluding carboxylic acids is 1. The largest absolute Gasteiger partial charge is 0.467 e. The van der Waals surface area contributed by atoms with E-state index in [0.717, 1.165) is 16.9 Å². The molecule has 1 amide bonds. The Morgan fingerprint density at radius 2 is 2.00 bits per heavy atom. The molecular formula is C19H17ClN2O2. The first-order chi connectivity index (χ1) is 11.7. The van der Waals surface area contributed by atoms with E-state index in [9.17, 15) is 4.79 Å². The molecule has 0 aliphatic rings. The Labute approximate surface area is 145 Å². The van der Waals surface area contributed by atoms with Crippen LogP contribution in [0.1, 0.15) is 22.8 Å². The highest BCUT2D eigenvalue weighted by molar-refractivity contribution is 6.30. The van der Waals surface area contributed by atoms with Crippen LogP contribution in [0.5, 0.6) is 0 Å². The molecular weight excluding hydrogens is 324 g/mol. The van der Waals surface area contributed by atoms with Gasteiger partial charge < -0.3 is 9.73 Å². The summed E-state index contributed by atoms with van der Waals surface area (Å²) < 4.78 is 5.26. The minimum absolute atomic E-state index is 0.0578. The predicted octanol–water partition coefficient (Wildman–Crippen LogP) is 3.97. The zero-order chi connectivity index (χ0) is 16.8. The predicted molar refractivity (Wildman–Crippen MR) is 92.7 cm³/mol. The topological polar surface area (TPSA) is 55.1 Å². The molecule has 1 aromatic carbocycles. The second-order valence-corrected chi connectivity index (χ2v) is 5.90. The summed E-state index contributed by atoms with van der Waals surface area (Å²) in [5, 5.41) is 3.58. The third-order valence-corrected chi connectivity index (χ3v) is 4.02. The first kappa shape index (κ1) is 16.3. The molecule has 0 radical (unpaired) electrons. The number of hydrogen-bond donors (Lipinski definition) is 1. The molecule has 0 saturated heterocycles. The molecule has 5 heteroatoms. The molecule has 2 aromatic heterocycles. The van der Waals surface area contributed by atoms with Crippen LogP contribution in [0, 0.1) is 0 Å². The number of pyridine rings is 1. The van der Waals surface area contributed by atoms with Crippen molar-refractivity contribution in [2.75, 3.05) is 0 Å². The molecule has 1 N–H and O–H groups in total. The molecule has 2 heterocycles. The molecule has 0 spiro atoms. The molecule has 122 valence electrons. The average molecular weight is 341 g/mol. The Kier molecular flexibility index (Phi) is 5.29. The first-order valence-corrected chi connectivity index (χ1v) is 8.04. The second kappa shape index (κ2) is 7.79. The van der Waals surface area contributed by atoms with Crippen molar-refractivity contribution < 1.29 is 9.21 Å². The minimum Gasteiger partial charge on any atom is -0.467 e. The standard InChI is InChI=1S/C19H17ClN2O2/c20-16-7-5-15(6-8-16)18(11-14-3-1-9-21-12-14)19(23)22-13-17-4-2-10-24-17/h1-10,12,18H,11,13H2,(H,22,23). The van der Waals surface area contributed by atoms with Gasteiger partial charge in [0.2, 0.25) is 5.91 Å². The Bertz CT molecular complexity index is 771. The zero-order valence-corrected chi connectivity index (χ0v) is 13.7. The first-order valence-electron chi connectivity index (χ1n) is 7.67. The number of nitrogens with zero attached hydrogens (tertiary/aromatic N) is 1. The van der Waals surface area contributed by atoms with Gasteiger partial charge in [0.15, 0.2) is 0 Å². The van der Waals surface area contributed by atoms with Gasteiger partial charge in [0.1, 0.15) is 5.76 Å². The average Bonchev–Trinajstić information content (AvgIpc) is 3.13. The highest BCUT2D eigenvalue weighted by Gasteiger charge is 2.21. The van der Waals surface area contributed by atoms with Crippen molar-refractivity contribution >= 4 is 17.5 Å². The number of furan rings is 1. The van der Waals surface area contributed by atoms with Gasteiger partial charge in [-0.15, -0.1) is 0 Å². The van der Waals surface area contributed by atoms with Gasteiger partial charge in [0.05, 0.1) is 18.7 Å². The van der Waals surface area contributed by atoms with E-state index in [-0.39, 0.29) is 11.8 Å². The van der Waals surface area contributed by atoms with E-state index < -0.39 is 0 Å². The van der Waals surface area contributed by atoms with Gasteiger partial charge >= 0.3 is 0 Å².